The van der Waals surface area contributed by atoms with Gasteiger partial charge in [-0.2, -0.15) is 0 Å². The number of nitrogens with zero attached hydrogens (tertiary/aromatic N) is 3. The predicted molar refractivity (Wildman–Crippen MR) is 104 cm³/mol. The van der Waals surface area contributed by atoms with Gasteiger partial charge < -0.3 is 9.64 Å². The van der Waals surface area contributed by atoms with Crippen LogP contribution in [0.1, 0.15) is 32.3 Å². The van der Waals surface area contributed by atoms with Gasteiger partial charge in [0, 0.05) is 57.4 Å². The van der Waals surface area contributed by atoms with Gasteiger partial charge in [-0.1, -0.05) is 18.2 Å². The molecule has 1 aromatic rings. The third kappa shape index (κ3) is 5.74. The monoisotopic (exact) mass is 377 g/mol. The first-order valence-corrected chi connectivity index (χ1v) is 10.1. The number of hydrogen-bond donors (Lipinski definition) is 0. The molecule has 0 unspecified atom stereocenters. The lowest BCUT2D eigenvalue weighted by Gasteiger charge is -2.36. The molecule has 1 amide bonds. The Labute approximate surface area is 162 Å². The third-order valence-corrected chi connectivity index (χ3v) is 5.60. The number of rotatable bonds is 5. The van der Waals surface area contributed by atoms with Gasteiger partial charge in [0.2, 0.25) is 5.91 Å². The average molecular weight is 378 g/mol. The first kappa shape index (κ1) is 20.2. The zero-order chi connectivity index (χ0) is 19.2. The number of hydrogen-bond acceptors (Lipinski definition) is 4. The number of benzene rings is 1. The summed E-state index contributed by atoms with van der Waals surface area (Å²) < 4.78 is 19.7. The van der Waals surface area contributed by atoms with Crippen molar-refractivity contribution in [1.82, 2.24) is 14.7 Å². The summed E-state index contributed by atoms with van der Waals surface area (Å²) >= 11 is 0. The Bertz CT molecular complexity index is 625. The second-order valence-corrected chi connectivity index (χ2v) is 7.89. The molecule has 2 aliphatic heterocycles. The third-order valence-electron chi connectivity index (χ3n) is 5.60. The fraction of sp³-hybridized carbons (Fsp3) is 0.667. The predicted octanol–water partition coefficient (Wildman–Crippen LogP) is 2.36. The van der Waals surface area contributed by atoms with Crippen LogP contribution in [0.3, 0.4) is 0 Å². The first-order chi connectivity index (χ1) is 13.0. The standard InChI is InChI=1S/C21H32FN3O2/c1-17(2)25-12-13-27-19(16-25)14-21(26)24-9-5-8-23(10-11-24)15-18-6-3-4-7-20(18)22/h3-4,6-7,17,19H,5,8-16H2,1-2H3/t19-/m1/s1. The summed E-state index contributed by atoms with van der Waals surface area (Å²) in [6, 6.07) is 7.42. The number of ether oxygens (including phenoxy) is 1. The zero-order valence-corrected chi connectivity index (χ0v) is 16.6. The Kier molecular flexibility index (Phi) is 7.21. The van der Waals surface area contributed by atoms with Crippen molar-refractivity contribution >= 4 is 5.91 Å². The molecular weight excluding hydrogens is 345 g/mol. The van der Waals surface area contributed by atoms with E-state index in [0.29, 0.717) is 32.2 Å². The number of carbonyl (C=O) groups is 1. The highest BCUT2D eigenvalue weighted by molar-refractivity contribution is 5.76. The van der Waals surface area contributed by atoms with E-state index in [1.165, 1.54) is 6.07 Å². The van der Waals surface area contributed by atoms with Crippen molar-refractivity contribution in [3.63, 3.8) is 0 Å². The van der Waals surface area contributed by atoms with Crippen molar-refractivity contribution in [2.24, 2.45) is 0 Å². The largest absolute Gasteiger partial charge is 0.375 e. The molecule has 0 bridgehead atoms. The van der Waals surface area contributed by atoms with Crippen molar-refractivity contribution in [3.05, 3.63) is 35.6 Å². The van der Waals surface area contributed by atoms with Crippen LogP contribution in [0.5, 0.6) is 0 Å². The minimum atomic E-state index is -0.154. The topological polar surface area (TPSA) is 36.0 Å². The lowest BCUT2D eigenvalue weighted by Crippen LogP contribution is -2.47. The van der Waals surface area contributed by atoms with Crippen LogP contribution in [-0.4, -0.2) is 78.6 Å². The molecule has 2 saturated heterocycles. The molecule has 0 saturated carbocycles. The highest BCUT2D eigenvalue weighted by atomic mass is 19.1. The molecule has 6 heteroatoms. The highest BCUT2D eigenvalue weighted by Gasteiger charge is 2.27. The van der Waals surface area contributed by atoms with Gasteiger partial charge in [0.05, 0.1) is 19.1 Å². The van der Waals surface area contributed by atoms with E-state index >= 15 is 0 Å². The van der Waals surface area contributed by atoms with E-state index in [-0.39, 0.29) is 17.8 Å². The van der Waals surface area contributed by atoms with E-state index < -0.39 is 0 Å². The van der Waals surface area contributed by atoms with E-state index in [2.05, 4.69) is 23.6 Å². The van der Waals surface area contributed by atoms with Crippen molar-refractivity contribution in [3.8, 4) is 0 Å². The molecule has 5 nitrogen and oxygen atoms in total. The zero-order valence-electron chi connectivity index (χ0n) is 16.6. The van der Waals surface area contributed by atoms with Gasteiger partial charge in [-0.3, -0.25) is 14.6 Å². The Balaban J connectivity index is 1.48. The molecule has 2 fully saturated rings. The van der Waals surface area contributed by atoms with Gasteiger partial charge >= 0.3 is 0 Å². The summed E-state index contributed by atoms with van der Waals surface area (Å²) in [4.78, 5) is 19.3. The van der Waals surface area contributed by atoms with Crippen molar-refractivity contribution < 1.29 is 13.9 Å². The van der Waals surface area contributed by atoms with Crippen LogP contribution in [0, 0.1) is 5.82 Å². The molecule has 27 heavy (non-hydrogen) atoms. The number of carbonyl (C=O) groups excluding carboxylic acids is 1. The van der Waals surface area contributed by atoms with Crippen LogP contribution in [0.15, 0.2) is 24.3 Å². The summed E-state index contributed by atoms with van der Waals surface area (Å²) in [5.41, 5.74) is 0.724. The molecule has 1 aromatic carbocycles. The summed E-state index contributed by atoms with van der Waals surface area (Å²) in [7, 11) is 0. The minimum Gasteiger partial charge on any atom is -0.375 e. The van der Waals surface area contributed by atoms with E-state index in [0.717, 1.165) is 44.7 Å². The number of halogens is 1. The lowest BCUT2D eigenvalue weighted by atomic mass is 10.1. The van der Waals surface area contributed by atoms with Gasteiger partial charge in [0.25, 0.3) is 0 Å². The van der Waals surface area contributed by atoms with Crippen LogP contribution in [0.2, 0.25) is 0 Å². The first-order valence-electron chi connectivity index (χ1n) is 10.1. The molecule has 150 valence electrons. The lowest BCUT2D eigenvalue weighted by molar-refractivity contribution is -0.136. The molecule has 0 N–H and O–H groups in total. The molecule has 1 atom stereocenters. The van der Waals surface area contributed by atoms with E-state index in [1.54, 1.807) is 6.07 Å². The molecule has 3 rings (SSSR count). The molecule has 0 spiro atoms. The Morgan fingerprint density at radius 1 is 1.19 bits per heavy atom. The second-order valence-electron chi connectivity index (χ2n) is 7.89. The minimum absolute atomic E-state index is 0.00794. The Morgan fingerprint density at radius 3 is 2.78 bits per heavy atom. The van der Waals surface area contributed by atoms with E-state index in [9.17, 15) is 9.18 Å². The van der Waals surface area contributed by atoms with Crippen LogP contribution in [-0.2, 0) is 16.1 Å². The molecule has 0 radical (unpaired) electrons. The van der Waals surface area contributed by atoms with Gasteiger partial charge in [-0.15, -0.1) is 0 Å². The fourth-order valence-electron chi connectivity index (χ4n) is 3.90. The van der Waals surface area contributed by atoms with Crippen LogP contribution >= 0.6 is 0 Å². The normalized spacial score (nSPS) is 22.8. The van der Waals surface area contributed by atoms with Gasteiger partial charge in [0.15, 0.2) is 0 Å². The van der Waals surface area contributed by atoms with Gasteiger partial charge in [-0.25, -0.2) is 4.39 Å². The SMILES string of the molecule is CC(C)N1CCO[C@H](CC(=O)N2CCCN(Cc3ccccc3F)CC2)C1. The second kappa shape index (κ2) is 9.62. The van der Waals surface area contributed by atoms with E-state index in [1.807, 2.05) is 17.0 Å². The van der Waals surface area contributed by atoms with E-state index in [4.69, 9.17) is 4.74 Å². The summed E-state index contributed by atoms with van der Waals surface area (Å²) in [6.45, 7) is 10.6. The Morgan fingerprint density at radius 2 is 2.00 bits per heavy atom. The average Bonchev–Trinajstić information content (AvgIpc) is 2.89. The van der Waals surface area contributed by atoms with Gasteiger partial charge in [-0.05, 0) is 26.3 Å². The molecule has 0 aliphatic carbocycles. The molecule has 0 aromatic heterocycles. The maximum absolute atomic E-state index is 13.9. The van der Waals surface area contributed by atoms with Crippen molar-refractivity contribution in [2.45, 2.75) is 45.4 Å². The fourth-order valence-corrected chi connectivity index (χ4v) is 3.90. The maximum Gasteiger partial charge on any atom is 0.225 e. The van der Waals surface area contributed by atoms with Crippen LogP contribution < -0.4 is 0 Å². The molecular formula is C21H32FN3O2. The van der Waals surface area contributed by atoms with Gasteiger partial charge in [0.1, 0.15) is 5.82 Å². The maximum atomic E-state index is 13.9. The van der Waals surface area contributed by atoms with Crippen LogP contribution in [0.25, 0.3) is 0 Å². The quantitative estimate of drug-likeness (QED) is 0.789. The highest BCUT2D eigenvalue weighted by Crippen LogP contribution is 2.15. The number of amides is 1. The van der Waals surface area contributed by atoms with Crippen molar-refractivity contribution in [2.75, 3.05) is 45.9 Å². The summed E-state index contributed by atoms with van der Waals surface area (Å²) in [5.74, 6) is 0.0252. The molecule has 2 aliphatic rings. The smallest absolute Gasteiger partial charge is 0.225 e. The molecule has 2 heterocycles. The summed E-state index contributed by atoms with van der Waals surface area (Å²) in [6.07, 6.45) is 1.37. The number of morpholine rings is 1. The Hall–Kier alpha value is -1.50. The van der Waals surface area contributed by atoms with Crippen LogP contribution in [0.4, 0.5) is 4.39 Å². The van der Waals surface area contributed by atoms with Crippen molar-refractivity contribution in [1.29, 1.82) is 0 Å². The summed E-state index contributed by atoms with van der Waals surface area (Å²) in [5, 5.41) is 0.